The number of carbonyl (C=O) groups is 3. The predicted molar refractivity (Wildman–Crippen MR) is 116 cm³/mol. The van der Waals surface area contributed by atoms with E-state index in [0.717, 1.165) is 41.5 Å². The van der Waals surface area contributed by atoms with Gasteiger partial charge in [-0.2, -0.15) is 0 Å². The minimum absolute atomic E-state index is 0.183. The van der Waals surface area contributed by atoms with E-state index < -0.39 is 11.6 Å². The maximum atomic E-state index is 13.1. The zero-order valence-electron chi connectivity index (χ0n) is 18.7. The van der Waals surface area contributed by atoms with Crippen molar-refractivity contribution in [2.45, 2.75) is 58.4 Å². The third-order valence-electron chi connectivity index (χ3n) is 6.98. The molecule has 3 aliphatic rings. The molecule has 0 radical (unpaired) electrons. The van der Waals surface area contributed by atoms with Crippen molar-refractivity contribution in [2.75, 3.05) is 37.6 Å². The van der Waals surface area contributed by atoms with Crippen LogP contribution in [0.2, 0.25) is 0 Å². The number of aromatic nitrogens is 2. The summed E-state index contributed by atoms with van der Waals surface area (Å²) in [6.07, 6.45) is 4.30. The quantitative estimate of drug-likeness (QED) is 0.732. The summed E-state index contributed by atoms with van der Waals surface area (Å²) < 4.78 is 0. The molecular formula is C22H32N6O3. The van der Waals surface area contributed by atoms with E-state index >= 15 is 0 Å². The Bertz CT molecular complexity index is 852. The number of piperazine rings is 1. The molecule has 168 valence electrons. The molecule has 4 rings (SSSR count). The second-order valence-electron chi connectivity index (χ2n) is 9.04. The highest BCUT2D eigenvalue weighted by Crippen LogP contribution is 2.37. The predicted octanol–water partition coefficient (Wildman–Crippen LogP) is 1.63. The number of anilines is 1. The molecule has 1 aromatic heterocycles. The van der Waals surface area contributed by atoms with Gasteiger partial charge in [-0.1, -0.05) is 13.3 Å². The van der Waals surface area contributed by atoms with E-state index in [9.17, 15) is 14.4 Å². The zero-order valence-corrected chi connectivity index (χ0v) is 18.7. The van der Waals surface area contributed by atoms with E-state index in [0.29, 0.717) is 44.9 Å². The summed E-state index contributed by atoms with van der Waals surface area (Å²) in [6, 6.07) is 1.52. The molecule has 31 heavy (non-hydrogen) atoms. The Balaban J connectivity index is 1.34. The molecule has 0 atom stereocenters. The second kappa shape index (κ2) is 8.43. The van der Waals surface area contributed by atoms with Crippen molar-refractivity contribution in [1.29, 1.82) is 0 Å². The molecule has 1 aromatic rings. The lowest BCUT2D eigenvalue weighted by Crippen LogP contribution is -2.53. The summed E-state index contributed by atoms with van der Waals surface area (Å²) in [5, 5.41) is 2.91. The molecule has 9 heteroatoms. The van der Waals surface area contributed by atoms with Gasteiger partial charge in [0.1, 0.15) is 23.7 Å². The molecular weight excluding hydrogens is 396 g/mol. The van der Waals surface area contributed by atoms with Gasteiger partial charge in [0.2, 0.25) is 5.91 Å². The van der Waals surface area contributed by atoms with Gasteiger partial charge in [-0.15, -0.1) is 0 Å². The van der Waals surface area contributed by atoms with Crippen LogP contribution in [-0.4, -0.2) is 75.9 Å². The first kappa shape index (κ1) is 21.5. The van der Waals surface area contributed by atoms with E-state index in [-0.39, 0.29) is 18.4 Å². The van der Waals surface area contributed by atoms with Gasteiger partial charge in [-0.05, 0) is 45.4 Å². The van der Waals surface area contributed by atoms with Crippen molar-refractivity contribution in [1.82, 2.24) is 25.1 Å². The van der Waals surface area contributed by atoms with Gasteiger partial charge in [0.15, 0.2) is 0 Å². The SMILES string of the molecule is CCC1CCC2(CC1)NC(=O)N(CC(=O)N1CCN(c3cc(C)nc(C)n3)CC1)C2=O. The Morgan fingerprint density at radius 2 is 1.81 bits per heavy atom. The highest BCUT2D eigenvalue weighted by molar-refractivity contribution is 6.09. The van der Waals surface area contributed by atoms with Crippen LogP contribution in [0, 0.1) is 19.8 Å². The van der Waals surface area contributed by atoms with Gasteiger partial charge in [-0.3, -0.25) is 14.5 Å². The van der Waals surface area contributed by atoms with Gasteiger partial charge in [0, 0.05) is 37.9 Å². The third kappa shape index (κ3) is 4.22. The molecule has 2 saturated heterocycles. The number of nitrogens with one attached hydrogen (secondary N) is 1. The topological polar surface area (TPSA) is 98.7 Å². The molecule has 3 heterocycles. The van der Waals surface area contributed by atoms with Crippen LogP contribution < -0.4 is 10.2 Å². The van der Waals surface area contributed by atoms with E-state index in [1.165, 1.54) is 0 Å². The van der Waals surface area contributed by atoms with Crippen LogP contribution in [0.1, 0.15) is 50.5 Å². The Kier molecular flexibility index (Phi) is 5.85. The van der Waals surface area contributed by atoms with E-state index in [1.54, 1.807) is 4.90 Å². The number of aryl methyl sites for hydroxylation is 2. The van der Waals surface area contributed by atoms with Crippen LogP contribution in [0.5, 0.6) is 0 Å². The lowest BCUT2D eigenvalue weighted by molar-refractivity contribution is -0.139. The molecule has 0 unspecified atom stereocenters. The summed E-state index contributed by atoms with van der Waals surface area (Å²) in [4.78, 5) is 52.3. The fourth-order valence-corrected chi connectivity index (χ4v) is 5.02. The molecule has 0 bridgehead atoms. The van der Waals surface area contributed by atoms with Gasteiger partial charge in [0.25, 0.3) is 5.91 Å². The molecule has 1 N–H and O–H groups in total. The minimum atomic E-state index is -0.801. The molecule has 9 nitrogen and oxygen atoms in total. The standard InChI is InChI=1S/C22H32N6O3/c1-4-17-5-7-22(8-6-17)20(30)28(21(31)25-22)14-19(29)27-11-9-26(10-12-27)18-13-15(2)23-16(3)24-18/h13,17H,4-12,14H2,1-3H3,(H,25,31). The fraction of sp³-hybridized carbons (Fsp3) is 0.682. The maximum absolute atomic E-state index is 13.1. The highest BCUT2D eigenvalue weighted by atomic mass is 16.2. The monoisotopic (exact) mass is 428 g/mol. The number of rotatable bonds is 4. The Morgan fingerprint density at radius 3 is 2.42 bits per heavy atom. The smallest absolute Gasteiger partial charge is 0.325 e. The summed E-state index contributed by atoms with van der Waals surface area (Å²) >= 11 is 0. The van der Waals surface area contributed by atoms with Crippen LogP contribution in [-0.2, 0) is 9.59 Å². The van der Waals surface area contributed by atoms with Gasteiger partial charge in [0.05, 0.1) is 0 Å². The average Bonchev–Trinajstić information content (AvgIpc) is 2.97. The fourth-order valence-electron chi connectivity index (χ4n) is 5.02. The van der Waals surface area contributed by atoms with Crippen molar-refractivity contribution < 1.29 is 14.4 Å². The van der Waals surface area contributed by atoms with E-state index in [2.05, 4.69) is 27.1 Å². The van der Waals surface area contributed by atoms with Gasteiger partial charge >= 0.3 is 6.03 Å². The lowest BCUT2D eigenvalue weighted by atomic mass is 9.75. The Morgan fingerprint density at radius 1 is 1.13 bits per heavy atom. The zero-order chi connectivity index (χ0) is 22.2. The first-order valence-corrected chi connectivity index (χ1v) is 11.3. The Hall–Kier alpha value is -2.71. The number of amides is 4. The van der Waals surface area contributed by atoms with Crippen molar-refractivity contribution in [3.05, 3.63) is 17.6 Å². The lowest BCUT2D eigenvalue weighted by Gasteiger charge is -2.36. The summed E-state index contributed by atoms with van der Waals surface area (Å²) in [5.41, 5.74) is 0.117. The van der Waals surface area contributed by atoms with Crippen molar-refractivity contribution in [3.8, 4) is 0 Å². The van der Waals surface area contributed by atoms with Crippen LogP contribution in [0.3, 0.4) is 0 Å². The number of hydrogen-bond donors (Lipinski definition) is 1. The highest BCUT2D eigenvalue weighted by Gasteiger charge is 2.52. The normalized spacial score (nSPS) is 26.5. The molecule has 1 saturated carbocycles. The Labute approximate surface area is 183 Å². The number of hydrogen-bond acceptors (Lipinski definition) is 6. The van der Waals surface area contributed by atoms with Crippen LogP contribution in [0.15, 0.2) is 6.07 Å². The molecule has 4 amide bonds. The molecule has 2 aliphatic heterocycles. The maximum Gasteiger partial charge on any atom is 0.325 e. The van der Waals surface area contributed by atoms with Crippen molar-refractivity contribution in [2.24, 2.45) is 5.92 Å². The molecule has 1 aliphatic carbocycles. The van der Waals surface area contributed by atoms with Gasteiger partial charge < -0.3 is 15.1 Å². The van der Waals surface area contributed by atoms with Crippen LogP contribution in [0.25, 0.3) is 0 Å². The van der Waals surface area contributed by atoms with E-state index in [4.69, 9.17) is 0 Å². The van der Waals surface area contributed by atoms with Crippen LogP contribution in [0.4, 0.5) is 10.6 Å². The first-order valence-electron chi connectivity index (χ1n) is 11.3. The number of nitrogens with zero attached hydrogens (tertiary/aromatic N) is 5. The summed E-state index contributed by atoms with van der Waals surface area (Å²) in [5.74, 6) is 1.80. The van der Waals surface area contributed by atoms with Crippen molar-refractivity contribution in [3.63, 3.8) is 0 Å². The summed E-state index contributed by atoms with van der Waals surface area (Å²) in [7, 11) is 0. The molecule has 1 spiro atoms. The van der Waals surface area contributed by atoms with Crippen LogP contribution >= 0.6 is 0 Å². The number of carbonyl (C=O) groups excluding carboxylic acids is 3. The summed E-state index contributed by atoms with van der Waals surface area (Å²) in [6.45, 7) is 8.17. The van der Waals surface area contributed by atoms with Crippen molar-refractivity contribution >= 4 is 23.7 Å². The molecule has 3 fully saturated rings. The minimum Gasteiger partial charge on any atom is -0.353 e. The number of urea groups is 1. The third-order valence-corrected chi connectivity index (χ3v) is 6.98. The number of imide groups is 1. The molecule has 0 aromatic carbocycles. The second-order valence-corrected chi connectivity index (χ2v) is 9.04. The largest absolute Gasteiger partial charge is 0.353 e. The van der Waals surface area contributed by atoms with E-state index in [1.807, 2.05) is 19.9 Å². The first-order chi connectivity index (χ1) is 14.8. The average molecular weight is 429 g/mol. The van der Waals surface area contributed by atoms with Gasteiger partial charge in [-0.25, -0.2) is 14.8 Å².